The Morgan fingerprint density at radius 2 is 2.00 bits per heavy atom. The first-order valence-electron chi connectivity index (χ1n) is 3.12. The summed E-state index contributed by atoms with van der Waals surface area (Å²) in [6.07, 6.45) is -0.102. The molecule has 66 valence electrons. The summed E-state index contributed by atoms with van der Waals surface area (Å²) < 4.78 is 39.1. The molecule has 0 amide bonds. The molecular formula is C5H9F3O2Si. The molecule has 0 aliphatic heterocycles. The van der Waals surface area contributed by atoms with Crippen LogP contribution in [0.15, 0.2) is 0 Å². The Labute approximate surface area is 63.9 Å². The van der Waals surface area contributed by atoms with Crippen molar-refractivity contribution in [1.82, 2.24) is 0 Å². The molecule has 11 heavy (non-hydrogen) atoms. The Kier molecular flexibility index (Phi) is 4.17. The molecular weight excluding hydrogens is 177 g/mol. The van der Waals surface area contributed by atoms with E-state index in [-0.39, 0.29) is 13.0 Å². The summed E-state index contributed by atoms with van der Waals surface area (Å²) in [6, 6.07) is -0.764. The molecule has 0 bridgehead atoms. The highest BCUT2D eigenvalue weighted by molar-refractivity contribution is 6.58. The average Bonchev–Trinajstić information content (AvgIpc) is 1.78. The molecule has 0 saturated heterocycles. The van der Waals surface area contributed by atoms with Gasteiger partial charge in [-0.1, -0.05) is 0 Å². The van der Waals surface area contributed by atoms with Crippen molar-refractivity contribution in [2.75, 3.05) is 6.61 Å². The molecule has 2 nitrogen and oxygen atoms in total. The summed E-state index contributed by atoms with van der Waals surface area (Å²) in [7, 11) is -5.42. The first kappa shape index (κ1) is 10.5. The van der Waals surface area contributed by atoms with E-state index in [9.17, 15) is 17.1 Å². The molecule has 0 aromatic rings. The molecule has 0 aromatic heterocycles. The lowest BCUT2D eigenvalue weighted by atomic mass is 10.5. The number of esters is 1. The second kappa shape index (κ2) is 4.37. The fourth-order valence-corrected chi connectivity index (χ4v) is 1.03. The second-order valence-corrected chi connectivity index (χ2v) is 3.79. The van der Waals surface area contributed by atoms with E-state index in [0.29, 0.717) is 0 Å². The first-order chi connectivity index (χ1) is 4.92. The molecule has 0 aromatic carbocycles. The van der Waals surface area contributed by atoms with E-state index in [1.807, 2.05) is 0 Å². The van der Waals surface area contributed by atoms with Crippen molar-refractivity contribution in [3.63, 3.8) is 0 Å². The van der Waals surface area contributed by atoms with Gasteiger partial charge in [-0.3, -0.25) is 4.79 Å². The minimum absolute atomic E-state index is 0.102. The van der Waals surface area contributed by atoms with Crippen molar-refractivity contribution in [2.45, 2.75) is 19.4 Å². The smallest absolute Gasteiger partial charge is 0.466 e. The van der Waals surface area contributed by atoms with Gasteiger partial charge >= 0.3 is 15.0 Å². The van der Waals surface area contributed by atoms with Crippen LogP contribution in [0, 0.1) is 0 Å². The highest BCUT2D eigenvalue weighted by atomic mass is 28.5. The lowest BCUT2D eigenvalue weighted by molar-refractivity contribution is -0.140. The molecule has 0 radical (unpaired) electrons. The van der Waals surface area contributed by atoms with Crippen LogP contribution in [0.4, 0.5) is 12.3 Å². The SMILES string of the molecule is CC(=O)OCCC[Si](F)(F)F. The van der Waals surface area contributed by atoms with Crippen molar-refractivity contribution >= 4 is 15.0 Å². The summed E-state index contributed by atoms with van der Waals surface area (Å²) in [5.41, 5.74) is 0. The maximum atomic E-state index is 11.6. The third kappa shape index (κ3) is 9.48. The van der Waals surface area contributed by atoms with E-state index in [1.165, 1.54) is 6.92 Å². The van der Waals surface area contributed by atoms with E-state index in [4.69, 9.17) is 0 Å². The predicted octanol–water partition coefficient (Wildman–Crippen LogP) is 1.79. The van der Waals surface area contributed by atoms with Crippen LogP contribution in [-0.4, -0.2) is 21.7 Å². The number of carbonyl (C=O) groups excluding carboxylic acids is 1. The van der Waals surface area contributed by atoms with Gasteiger partial charge in [0.1, 0.15) is 0 Å². The standard InChI is InChI=1S/C5H9F3O2Si/c1-5(9)10-3-2-4-11(6,7)8/h2-4H2,1H3. The van der Waals surface area contributed by atoms with Crippen LogP contribution in [0.3, 0.4) is 0 Å². The van der Waals surface area contributed by atoms with Gasteiger partial charge < -0.3 is 4.74 Å². The third-order valence-electron chi connectivity index (χ3n) is 0.910. The number of hydrogen-bond acceptors (Lipinski definition) is 2. The van der Waals surface area contributed by atoms with Crippen LogP contribution in [0.25, 0.3) is 0 Å². The molecule has 0 unspecified atom stereocenters. The highest BCUT2D eigenvalue weighted by Gasteiger charge is 2.35. The average molecular weight is 186 g/mol. The third-order valence-corrected chi connectivity index (χ3v) is 1.83. The minimum atomic E-state index is -5.42. The van der Waals surface area contributed by atoms with Crippen molar-refractivity contribution in [3.8, 4) is 0 Å². The van der Waals surface area contributed by atoms with Gasteiger partial charge in [0, 0.05) is 13.0 Å². The van der Waals surface area contributed by atoms with Crippen LogP contribution in [0.2, 0.25) is 6.04 Å². The fraction of sp³-hybridized carbons (Fsp3) is 0.800. The van der Waals surface area contributed by atoms with Crippen molar-refractivity contribution in [3.05, 3.63) is 0 Å². The number of hydrogen-bond donors (Lipinski definition) is 0. The molecule has 0 heterocycles. The van der Waals surface area contributed by atoms with Crippen molar-refractivity contribution < 1.29 is 21.9 Å². The van der Waals surface area contributed by atoms with Gasteiger partial charge in [-0.25, -0.2) is 12.3 Å². The van der Waals surface area contributed by atoms with Gasteiger partial charge in [0.25, 0.3) is 0 Å². The molecule has 0 aliphatic carbocycles. The summed E-state index contributed by atoms with van der Waals surface area (Å²) in [4.78, 5) is 10.1. The number of rotatable bonds is 4. The Morgan fingerprint density at radius 1 is 1.45 bits per heavy atom. The molecule has 0 atom stereocenters. The zero-order chi connectivity index (χ0) is 8.91. The normalized spacial score (nSPS) is 11.3. The first-order valence-corrected chi connectivity index (χ1v) is 4.96. The van der Waals surface area contributed by atoms with Crippen molar-refractivity contribution in [2.24, 2.45) is 0 Å². The number of halogens is 3. The Bertz CT molecular complexity index is 134. The van der Waals surface area contributed by atoms with Crippen LogP contribution >= 0.6 is 0 Å². The van der Waals surface area contributed by atoms with Crippen LogP contribution in [0.1, 0.15) is 13.3 Å². The number of carbonyl (C=O) groups is 1. The van der Waals surface area contributed by atoms with Gasteiger partial charge in [0.15, 0.2) is 0 Å². The topological polar surface area (TPSA) is 26.3 Å². The zero-order valence-corrected chi connectivity index (χ0v) is 7.07. The van der Waals surface area contributed by atoms with Gasteiger partial charge in [-0.05, 0) is 6.42 Å². The van der Waals surface area contributed by atoms with Crippen LogP contribution < -0.4 is 0 Å². The number of ether oxygens (including phenoxy) is 1. The predicted molar refractivity (Wildman–Crippen MR) is 35.1 cm³/mol. The van der Waals surface area contributed by atoms with Gasteiger partial charge in [-0.2, -0.15) is 0 Å². The van der Waals surface area contributed by atoms with E-state index in [1.54, 1.807) is 0 Å². The molecule has 0 N–H and O–H groups in total. The van der Waals surface area contributed by atoms with E-state index < -0.39 is 21.1 Å². The van der Waals surface area contributed by atoms with Gasteiger partial charge in [-0.15, -0.1) is 0 Å². The Balaban J connectivity index is 3.22. The maximum Gasteiger partial charge on any atom is 0.616 e. The summed E-state index contributed by atoms with van der Waals surface area (Å²) in [5.74, 6) is -0.533. The summed E-state index contributed by atoms with van der Waals surface area (Å²) in [5, 5.41) is 0. The van der Waals surface area contributed by atoms with E-state index >= 15 is 0 Å². The molecule has 0 aliphatic rings. The van der Waals surface area contributed by atoms with Crippen LogP contribution in [-0.2, 0) is 9.53 Å². The van der Waals surface area contributed by atoms with Gasteiger partial charge in [0.2, 0.25) is 0 Å². The Hall–Kier alpha value is -0.523. The molecule has 0 fully saturated rings. The Morgan fingerprint density at radius 3 is 2.36 bits per heavy atom. The van der Waals surface area contributed by atoms with E-state index in [0.717, 1.165) is 0 Å². The largest absolute Gasteiger partial charge is 0.616 e. The zero-order valence-electron chi connectivity index (χ0n) is 6.07. The fourth-order valence-electron chi connectivity index (χ4n) is 0.489. The monoisotopic (exact) mass is 186 g/mol. The summed E-state index contributed by atoms with van der Waals surface area (Å²) in [6.45, 7) is 1.05. The van der Waals surface area contributed by atoms with E-state index in [2.05, 4.69) is 4.74 Å². The highest BCUT2D eigenvalue weighted by Crippen LogP contribution is 2.16. The maximum absolute atomic E-state index is 11.6. The lowest BCUT2D eigenvalue weighted by Gasteiger charge is -2.02. The molecule has 6 heteroatoms. The van der Waals surface area contributed by atoms with Crippen molar-refractivity contribution in [1.29, 1.82) is 0 Å². The molecule has 0 rings (SSSR count). The molecule has 0 spiro atoms. The summed E-state index contributed by atoms with van der Waals surface area (Å²) >= 11 is 0. The lowest BCUT2D eigenvalue weighted by Crippen LogP contribution is -2.15. The second-order valence-electron chi connectivity index (χ2n) is 2.06. The van der Waals surface area contributed by atoms with Crippen LogP contribution in [0.5, 0.6) is 0 Å². The minimum Gasteiger partial charge on any atom is -0.466 e. The quantitative estimate of drug-likeness (QED) is 0.289. The molecule has 0 saturated carbocycles. The van der Waals surface area contributed by atoms with Gasteiger partial charge in [0.05, 0.1) is 6.61 Å².